The number of H-pyrrole nitrogens is 1. The summed E-state index contributed by atoms with van der Waals surface area (Å²) < 4.78 is 29.5. The molecule has 19 heteroatoms. The van der Waals surface area contributed by atoms with Gasteiger partial charge in [0.25, 0.3) is 0 Å². The average Bonchev–Trinajstić information content (AvgIpc) is 3.76. The molecule has 0 aliphatic carbocycles. The highest BCUT2D eigenvalue weighted by molar-refractivity contribution is 7.16. The molecule has 0 spiro atoms. The summed E-state index contributed by atoms with van der Waals surface area (Å²) in [6.07, 6.45) is 3.51. The van der Waals surface area contributed by atoms with Gasteiger partial charge >= 0.3 is 27.7 Å². The second-order valence-electron chi connectivity index (χ2n) is 10.8. The molecule has 6 heterocycles. The minimum absolute atomic E-state index is 0.0151. The Morgan fingerprint density at radius 3 is 2.15 bits per heavy atom. The molecule has 0 aromatic carbocycles. The van der Waals surface area contributed by atoms with Crippen LogP contribution in [-0.2, 0) is 38.1 Å². The van der Waals surface area contributed by atoms with E-state index in [4.69, 9.17) is 29.4 Å². The minimum atomic E-state index is -0.753. The van der Waals surface area contributed by atoms with Crippen LogP contribution < -0.4 is 15.5 Å². The van der Waals surface area contributed by atoms with Gasteiger partial charge in [0.05, 0.1) is 34.0 Å². The highest BCUT2D eigenvalue weighted by atomic mass is 32.1. The largest absolute Gasteiger partial charge is 0.458 e. The lowest BCUT2D eigenvalue weighted by atomic mass is 10.1. The average molecular weight is 708 g/mol. The van der Waals surface area contributed by atoms with Crippen LogP contribution in [0.25, 0.3) is 20.7 Å². The van der Waals surface area contributed by atoms with Gasteiger partial charge in [-0.05, 0) is 19.8 Å². The van der Waals surface area contributed by atoms with E-state index in [0.717, 1.165) is 40.2 Å². The van der Waals surface area contributed by atoms with Crippen LogP contribution in [0.4, 0.5) is 5.95 Å². The van der Waals surface area contributed by atoms with Crippen LogP contribution in [0.3, 0.4) is 0 Å². The van der Waals surface area contributed by atoms with Crippen molar-refractivity contribution in [2.45, 2.75) is 104 Å². The number of aromatic nitrogens is 6. The molecule has 260 valence electrons. The van der Waals surface area contributed by atoms with E-state index >= 15 is 0 Å². The smallest absolute Gasteiger partial charge is 0.311 e. The van der Waals surface area contributed by atoms with Crippen molar-refractivity contribution < 1.29 is 38.1 Å². The quantitative estimate of drug-likeness (QED) is 0.217. The van der Waals surface area contributed by atoms with Crippen molar-refractivity contribution in [3.05, 3.63) is 37.6 Å². The van der Waals surface area contributed by atoms with E-state index in [2.05, 4.69) is 24.9 Å². The predicted molar refractivity (Wildman–Crippen MR) is 174 cm³/mol. The highest BCUT2D eigenvalue weighted by Crippen LogP contribution is 2.34. The van der Waals surface area contributed by atoms with Crippen LogP contribution in [-0.4, -0.2) is 78.1 Å². The standard InChI is InChI=1S/C14H17N3O4S.C10H16O5.C5H4N4OS/c1-4-9-5-10(20-8(3)18)13(21-9)17-12-11(22-14(17)19)6-15-7(2)16-12;1-4-8-5-9(13-6(2)11)10(15-8)14-7(3)12;6-4-7-1-2-3(8-4)9-5(10)11-2/h6,9-10,13H,4-5H2,1-3H3;8-10H,4-5H2,1-3H3;1H,(H3,6,7,8,9,10)/t9-,10-,13?;8-,9-,10?;/m11./s1. The molecule has 2 saturated heterocycles. The molecule has 48 heavy (non-hydrogen) atoms. The summed E-state index contributed by atoms with van der Waals surface area (Å²) in [6, 6.07) is 0. The summed E-state index contributed by atoms with van der Waals surface area (Å²) in [6.45, 7) is 9.71. The Balaban J connectivity index is 0.000000174. The molecule has 6 rings (SSSR count). The Morgan fingerprint density at radius 1 is 0.896 bits per heavy atom. The molecule has 4 aromatic rings. The number of ether oxygens (including phenoxy) is 5. The lowest BCUT2D eigenvalue weighted by Gasteiger charge is -2.19. The highest BCUT2D eigenvalue weighted by Gasteiger charge is 2.40. The van der Waals surface area contributed by atoms with E-state index in [0.29, 0.717) is 34.7 Å². The molecule has 3 N–H and O–H groups in total. The van der Waals surface area contributed by atoms with Gasteiger partial charge < -0.3 is 29.4 Å². The van der Waals surface area contributed by atoms with E-state index in [1.165, 1.54) is 31.5 Å². The first-order valence-corrected chi connectivity index (χ1v) is 16.7. The monoisotopic (exact) mass is 707 g/mol. The minimum Gasteiger partial charge on any atom is -0.458 e. The normalized spacial score (nSPS) is 23.1. The van der Waals surface area contributed by atoms with Gasteiger partial charge in [-0.1, -0.05) is 36.5 Å². The molecule has 0 bridgehead atoms. The third kappa shape index (κ3) is 9.39. The zero-order chi connectivity index (χ0) is 35.1. The van der Waals surface area contributed by atoms with Gasteiger partial charge in [-0.25, -0.2) is 15.0 Å². The van der Waals surface area contributed by atoms with Crippen molar-refractivity contribution >= 4 is 67.2 Å². The van der Waals surface area contributed by atoms with Gasteiger partial charge in [-0.2, -0.15) is 4.98 Å². The summed E-state index contributed by atoms with van der Waals surface area (Å²) in [4.78, 5) is 74.2. The molecule has 0 amide bonds. The number of hydrogen-bond acceptors (Lipinski definition) is 17. The molecular formula is C29H37N7O10S2. The van der Waals surface area contributed by atoms with E-state index in [9.17, 15) is 24.0 Å². The Morgan fingerprint density at radius 2 is 1.50 bits per heavy atom. The van der Waals surface area contributed by atoms with Crippen LogP contribution in [0.5, 0.6) is 0 Å². The number of aromatic amines is 1. The third-order valence-corrected chi connectivity index (χ3v) is 8.71. The number of rotatable bonds is 6. The van der Waals surface area contributed by atoms with Crippen LogP contribution in [0.1, 0.15) is 72.4 Å². The first-order valence-electron chi connectivity index (χ1n) is 15.1. The molecule has 2 unspecified atom stereocenters. The second-order valence-corrected chi connectivity index (χ2v) is 12.8. The van der Waals surface area contributed by atoms with Gasteiger partial charge in [-0.15, -0.1) is 0 Å². The van der Waals surface area contributed by atoms with E-state index in [1.54, 1.807) is 13.1 Å². The van der Waals surface area contributed by atoms with Gasteiger partial charge in [0.2, 0.25) is 12.2 Å². The number of aryl methyl sites for hydroxylation is 1. The van der Waals surface area contributed by atoms with Crippen molar-refractivity contribution in [2.75, 3.05) is 5.73 Å². The lowest BCUT2D eigenvalue weighted by Crippen LogP contribution is -2.30. The number of nitrogens with zero attached hydrogens (tertiary/aromatic N) is 5. The summed E-state index contributed by atoms with van der Waals surface area (Å²) in [5.41, 5.74) is 6.33. The first kappa shape index (κ1) is 36.5. The van der Waals surface area contributed by atoms with E-state index in [1.807, 2.05) is 13.8 Å². The number of nitrogens with two attached hydrogens (primary N) is 1. The molecule has 2 fully saturated rings. The fourth-order valence-corrected chi connectivity index (χ4v) is 6.46. The number of thiazole rings is 2. The van der Waals surface area contributed by atoms with E-state index < -0.39 is 36.7 Å². The molecular weight excluding hydrogens is 670 g/mol. The number of anilines is 1. The number of nitrogens with one attached hydrogen (secondary N) is 1. The molecule has 17 nitrogen and oxygen atoms in total. The molecule has 0 radical (unpaired) electrons. The summed E-state index contributed by atoms with van der Waals surface area (Å²) in [7, 11) is 0. The maximum atomic E-state index is 12.4. The topological polar surface area (TPSA) is 230 Å². The second kappa shape index (κ2) is 16.2. The molecule has 4 aromatic heterocycles. The zero-order valence-electron chi connectivity index (χ0n) is 27.2. The summed E-state index contributed by atoms with van der Waals surface area (Å²) in [5, 5.41) is 0. The van der Waals surface area contributed by atoms with Crippen LogP contribution in [0.2, 0.25) is 0 Å². The molecule has 0 saturated carbocycles. The number of hydrogen-bond donors (Lipinski definition) is 2. The maximum Gasteiger partial charge on any atom is 0.311 e. The number of esters is 3. The Kier molecular flexibility index (Phi) is 12.3. The van der Waals surface area contributed by atoms with Crippen molar-refractivity contribution in [3.8, 4) is 0 Å². The zero-order valence-corrected chi connectivity index (χ0v) is 28.8. The van der Waals surface area contributed by atoms with E-state index in [-0.39, 0.29) is 33.9 Å². The molecule has 2 aliphatic heterocycles. The van der Waals surface area contributed by atoms with Gasteiger partial charge in [0.1, 0.15) is 11.9 Å². The summed E-state index contributed by atoms with van der Waals surface area (Å²) >= 11 is 2.14. The SMILES string of the molecule is CC[C@@H]1C[C@@H](OC(C)=O)C(OC(C)=O)O1.CC[C@@H]1C[C@@H](OC(C)=O)C(n2c(=O)sc3cnc(C)nc32)O1.Nc1ncc2sc(=O)[nH]c2n1. The van der Waals surface area contributed by atoms with Crippen molar-refractivity contribution in [3.63, 3.8) is 0 Å². The molecule has 6 atom stereocenters. The Labute approximate surface area is 281 Å². The van der Waals surface area contributed by atoms with Crippen molar-refractivity contribution in [1.29, 1.82) is 0 Å². The Hall–Kier alpha value is -4.33. The number of carbonyl (C=O) groups is 3. The first-order chi connectivity index (χ1) is 22.8. The third-order valence-electron chi connectivity index (χ3n) is 7.03. The summed E-state index contributed by atoms with van der Waals surface area (Å²) in [5.74, 6) is -0.458. The van der Waals surface area contributed by atoms with Gasteiger partial charge in [0, 0.05) is 33.6 Å². The number of nitrogen functional groups attached to an aromatic ring is 1. The fraction of sp³-hybridized carbons (Fsp3) is 0.552. The number of carbonyl (C=O) groups excluding carboxylic acids is 3. The maximum absolute atomic E-state index is 12.4. The van der Waals surface area contributed by atoms with Crippen LogP contribution in [0.15, 0.2) is 22.0 Å². The van der Waals surface area contributed by atoms with Gasteiger partial charge in [-0.3, -0.25) is 33.5 Å². The van der Waals surface area contributed by atoms with Crippen molar-refractivity contribution in [1.82, 2.24) is 29.5 Å². The van der Waals surface area contributed by atoms with Crippen molar-refractivity contribution in [2.24, 2.45) is 0 Å². The Bertz CT molecular complexity index is 1850. The number of fused-ring (bicyclic) bond motifs is 2. The van der Waals surface area contributed by atoms with Crippen LogP contribution >= 0.6 is 22.7 Å². The van der Waals surface area contributed by atoms with Crippen LogP contribution in [0, 0.1) is 6.92 Å². The fourth-order valence-electron chi connectivity index (χ4n) is 4.99. The lowest BCUT2D eigenvalue weighted by molar-refractivity contribution is -0.194. The molecule has 2 aliphatic rings. The predicted octanol–water partition coefficient (Wildman–Crippen LogP) is 2.76. The van der Waals surface area contributed by atoms with Gasteiger partial charge in [0.15, 0.2) is 23.6 Å².